The number of nitrogens with one attached hydrogen (secondary N) is 1. The lowest BCUT2D eigenvalue weighted by atomic mass is 9.92. The van der Waals surface area contributed by atoms with Gasteiger partial charge in [0.05, 0.1) is 6.54 Å². The third kappa shape index (κ3) is 6.04. The predicted octanol–water partition coefficient (Wildman–Crippen LogP) is 4.82. The number of nitrogens with zero attached hydrogens (tertiary/aromatic N) is 2. The highest BCUT2D eigenvalue weighted by atomic mass is 16.3. The highest BCUT2D eigenvalue weighted by Gasteiger charge is 2.25. The van der Waals surface area contributed by atoms with Crippen LogP contribution in [-0.4, -0.2) is 47.9 Å². The number of amides is 1. The molecule has 2 aliphatic rings. The minimum Gasteiger partial charge on any atom is -0.460 e. The van der Waals surface area contributed by atoms with Crippen molar-refractivity contribution in [3.05, 3.63) is 72.0 Å². The van der Waals surface area contributed by atoms with E-state index in [0.29, 0.717) is 18.4 Å². The third-order valence-electron chi connectivity index (χ3n) is 7.23. The molecule has 174 valence electrons. The molecule has 0 aliphatic carbocycles. The Morgan fingerprint density at radius 1 is 0.909 bits per heavy atom. The molecule has 0 bridgehead atoms. The molecule has 1 atom stereocenters. The maximum atomic E-state index is 12.5. The Labute approximate surface area is 196 Å². The van der Waals surface area contributed by atoms with Crippen LogP contribution in [0.2, 0.25) is 0 Å². The zero-order chi connectivity index (χ0) is 22.5. The average molecular weight is 446 g/mol. The maximum absolute atomic E-state index is 12.5. The van der Waals surface area contributed by atoms with Crippen LogP contribution < -0.4 is 5.32 Å². The summed E-state index contributed by atoms with van der Waals surface area (Å²) in [7, 11) is 0. The number of carbonyl (C=O) groups is 1. The Morgan fingerprint density at radius 3 is 2.48 bits per heavy atom. The second kappa shape index (κ2) is 10.5. The summed E-state index contributed by atoms with van der Waals surface area (Å²) in [4.78, 5) is 17.5. The second-order valence-corrected chi connectivity index (χ2v) is 9.78. The number of benzene rings is 2. The molecule has 0 radical (unpaired) electrons. The smallest absolute Gasteiger partial charge is 0.220 e. The van der Waals surface area contributed by atoms with Crippen LogP contribution in [0.5, 0.6) is 0 Å². The molecule has 0 spiro atoms. The zero-order valence-electron chi connectivity index (χ0n) is 19.4. The fourth-order valence-electron chi connectivity index (χ4n) is 5.34. The van der Waals surface area contributed by atoms with Crippen molar-refractivity contribution in [1.29, 1.82) is 0 Å². The van der Waals surface area contributed by atoms with E-state index in [2.05, 4.69) is 63.6 Å². The van der Waals surface area contributed by atoms with Crippen molar-refractivity contribution in [3.63, 3.8) is 0 Å². The minimum atomic E-state index is 0.228. The first-order valence-corrected chi connectivity index (χ1v) is 12.5. The van der Waals surface area contributed by atoms with Crippen LogP contribution >= 0.6 is 0 Å². The SMILES string of the molecule is O=C(CCC1CCN(Cc2cc3ccccc3o2)CC1)N[C@H]1CCN(Cc2ccccc2)C1. The molecule has 3 aromatic rings. The summed E-state index contributed by atoms with van der Waals surface area (Å²) in [5, 5.41) is 4.46. The van der Waals surface area contributed by atoms with Crippen molar-refractivity contribution in [1.82, 2.24) is 15.1 Å². The second-order valence-electron chi connectivity index (χ2n) is 9.78. The molecule has 2 aromatic carbocycles. The number of fused-ring (bicyclic) bond motifs is 1. The van der Waals surface area contributed by atoms with Gasteiger partial charge in [0, 0.05) is 37.5 Å². The van der Waals surface area contributed by atoms with Gasteiger partial charge in [0.1, 0.15) is 11.3 Å². The standard InChI is InChI=1S/C28H35N3O2/c32-28(29-25-14-17-31(20-25)19-23-6-2-1-3-7-23)11-10-22-12-15-30(16-13-22)21-26-18-24-8-4-5-9-27(24)33-26/h1-9,18,22,25H,10-17,19-21H2,(H,29,32)/t25-/m0/s1. The van der Waals surface area contributed by atoms with E-state index in [1.807, 2.05) is 12.1 Å². The van der Waals surface area contributed by atoms with Gasteiger partial charge in [-0.25, -0.2) is 0 Å². The van der Waals surface area contributed by atoms with Gasteiger partial charge >= 0.3 is 0 Å². The summed E-state index contributed by atoms with van der Waals surface area (Å²) in [6, 6.07) is 21.3. The van der Waals surface area contributed by atoms with E-state index in [1.165, 1.54) is 23.8 Å². The Balaban J connectivity index is 0.989. The van der Waals surface area contributed by atoms with Gasteiger partial charge in [-0.05, 0) is 62.4 Å². The minimum absolute atomic E-state index is 0.228. The lowest BCUT2D eigenvalue weighted by molar-refractivity contribution is -0.122. The van der Waals surface area contributed by atoms with E-state index < -0.39 is 0 Å². The van der Waals surface area contributed by atoms with Crippen molar-refractivity contribution in [3.8, 4) is 0 Å². The first-order valence-electron chi connectivity index (χ1n) is 12.5. The van der Waals surface area contributed by atoms with Gasteiger partial charge in [0.15, 0.2) is 0 Å². The van der Waals surface area contributed by atoms with Crippen LogP contribution in [0.4, 0.5) is 0 Å². The van der Waals surface area contributed by atoms with Gasteiger partial charge in [-0.3, -0.25) is 14.6 Å². The number of hydrogen-bond acceptors (Lipinski definition) is 4. The predicted molar refractivity (Wildman–Crippen MR) is 132 cm³/mol. The fourth-order valence-corrected chi connectivity index (χ4v) is 5.34. The Morgan fingerprint density at radius 2 is 1.67 bits per heavy atom. The molecule has 5 rings (SSSR count). The number of furan rings is 1. The molecule has 3 heterocycles. The van der Waals surface area contributed by atoms with Crippen molar-refractivity contribution in [2.75, 3.05) is 26.2 Å². The van der Waals surface area contributed by atoms with E-state index in [9.17, 15) is 4.79 Å². The molecule has 0 saturated carbocycles. The molecule has 5 nitrogen and oxygen atoms in total. The maximum Gasteiger partial charge on any atom is 0.220 e. The lowest BCUT2D eigenvalue weighted by Crippen LogP contribution is -2.37. The summed E-state index contributed by atoms with van der Waals surface area (Å²) < 4.78 is 5.98. The molecule has 1 aromatic heterocycles. The lowest BCUT2D eigenvalue weighted by Gasteiger charge is -2.31. The highest BCUT2D eigenvalue weighted by Crippen LogP contribution is 2.25. The van der Waals surface area contributed by atoms with Crippen LogP contribution in [0.25, 0.3) is 11.0 Å². The number of para-hydroxylation sites is 1. The number of piperidine rings is 1. The van der Waals surface area contributed by atoms with Crippen LogP contribution in [0, 0.1) is 5.92 Å². The molecule has 1 N–H and O–H groups in total. The number of hydrogen-bond donors (Lipinski definition) is 1. The average Bonchev–Trinajstić information content (AvgIpc) is 3.45. The fraction of sp³-hybridized carbons (Fsp3) is 0.464. The van der Waals surface area contributed by atoms with Crippen LogP contribution in [0.15, 0.2) is 65.1 Å². The van der Waals surface area contributed by atoms with E-state index in [1.54, 1.807) is 0 Å². The van der Waals surface area contributed by atoms with E-state index >= 15 is 0 Å². The van der Waals surface area contributed by atoms with Crippen LogP contribution in [-0.2, 0) is 17.9 Å². The van der Waals surface area contributed by atoms with Crippen molar-refractivity contribution in [2.45, 2.75) is 51.2 Å². The van der Waals surface area contributed by atoms with Gasteiger partial charge in [0.25, 0.3) is 0 Å². The van der Waals surface area contributed by atoms with E-state index in [0.717, 1.165) is 63.5 Å². The first kappa shape index (κ1) is 22.2. The Bertz CT molecular complexity index is 1010. The van der Waals surface area contributed by atoms with Crippen molar-refractivity contribution >= 4 is 16.9 Å². The Kier molecular flexibility index (Phi) is 7.08. The zero-order valence-corrected chi connectivity index (χ0v) is 19.4. The highest BCUT2D eigenvalue weighted by molar-refractivity contribution is 5.77. The summed E-state index contributed by atoms with van der Waals surface area (Å²) in [6.45, 7) is 6.04. The molecule has 2 aliphatic heterocycles. The molecule has 0 unspecified atom stereocenters. The summed E-state index contributed by atoms with van der Waals surface area (Å²) >= 11 is 0. The largest absolute Gasteiger partial charge is 0.460 e. The normalized spacial score (nSPS) is 20.4. The van der Waals surface area contributed by atoms with Crippen LogP contribution in [0.1, 0.15) is 43.4 Å². The number of rotatable bonds is 8. The van der Waals surface area contributed by atoms with Crippen molar-refractivity contribution in [2.24, 2.45) is 5.92 Å². The quantitative estimate of drug-likeness (QED) is 0.540. The first-order chi connectivity index (χ1) is 16.2. The molecule has 33 heavy (non-hydrogen) atoms. The van der Waals surface area contributed by atoms with Gasteiger partial charge in [-0.1, -0.05) is 48.5 Å². The summed E-state index contributed by atoms with van der Waals surface area (Å²) in [5.41, 5.74) is 2.31. The topological polar surface area (TPSA) is 48.7 Å². The van der Waals surface area contributed by atoms with Gasteiger partial charge in [0.2, 0.25) is 5.91 Å². The number of likely N-dealkylation sites (tertiary alicyclic amines) is 2. The number of carbonyl (C=O) groups excluding carboxylic acids is 1. The monoisotopic (exact) mass is 445 g/mol. The summed E-state index contributed by atoms with van der Waals surface area (Å²) in [6.07, 6.45) is 5.05. The van der Waals surface area contributed by atoms with Crippen LogP contribution in [0.3, 0.4) is 0 Å². The van der Waals surface area contributed by atoms with Crippen molar-refractivity contribution < 1.29 is 9.21 Å². The third-order valence-corrected chi connectivity index (χ3v) is 7.23. The van der Waals surface area contributed by atoms with E-state index in [4.69, 9.17) is 4.42 Å². The molecule has 2 saturated heterocycles. The molecule has 1 amide bonds. The van der Waals surface area contributed by atoms with Gasteiger partial charge in [-0.2, -0.15) is 0 Å². The molecular formula is C28H35N3O2. The van der Waals surface area contributed by atoms with E-state index in [-0.39, 0.29) is 5.91 Å². The summed E-state index contributed by atoms with van der Waals surface area (Å²) in [5.74, 6) is 1.93. The molecular weight excluding hydrogens is 410 g/mol. The molecule has 5 heteroatoms. The van der Waals surface area contributed by atoms with Gasteiger partial charge in [-0.15, -0.1) is 0 Å². The molecule has 2 fully saturated rings. The Hall–Kier alpha value is -2.63. The van der Waals surface area contributed by atoms with Gasteiger partial charge < -0.3 is 9.73 Å².